The van der Waals surface area contributed by atoms with Gasteiger partial charge in [0.1, 0.15) is 5.60 Å². The van der Waals surface area contributed by atoms with E-state index in [4.69, 9.17) is 13.6 Å². The Morgan fingerprint density at radius 2 is 1.25 bits per heavy atom. The maximum absolute atomic E-state index is 15.2. The summed E-state index contributed by atoms with van der Waals surface area (Å²) >= 11 is 0. The molecule has 0 aromatic carbocycles. The molecule has 3 heterocycles. The van der Waals surface area contributed by atoms with Crippen LogP contribution in [0.15, 0.2) is 0 Å². The predicted octanol–water partition coefficient (Wildman–Crippen LogP) is 5.28. The summed E-state index contributed by atoms with van der Waals surface area (Å²) in [6.45, 7) is 0. The Kier molecular flexibility index (Phi) is 3.16. The van der Waals surface area contributed by atoms with Crippen LogP contribution in [0.5, 0.6) is 0 Å². The zero-order chi connectivity index (χ0) is 20.8. The zero-order valence-corrected chi connectivity index (χ0v) is 14.6. The predicted molar refractivity (Wildman–Crippen MR) is 69.7 cm³/mol. The van der Waals surface area contributed by atoms with E-state index in [1.165, 1.54) is 0 Å². The molecule has 3 saturated heterocycles. The monoisotopic (exact) mass is 446 g/mol. The van der Waals surface area contributed by atoms with E-state index < -0.39 is 73.2 Å². The standard InChI is InChI=1S/C14H12F9O4P/c15-10(16,11(17,18)12(19,20)14(21,22)23)8-2-6-1-7(3-8)5-9(4-6)13(8)26-28(24,25-9)27-13/h6-7H,1-5H2. The highest BCUT2D eigenvalue weighted by Gasteiger charge is 2.98. The van der Waals surface area contributed by atoms with Crippen molar-refractivity contribution in [2.75, 3.05) is 0 Å². The maximum atomic E-state index is 15.2. The molecule has 28 heavy (non-hydrogen) atoms. The van der Waals surface area contributed by atoms with Crippen molar-refractivity contribution in [2.45, 2.75) is 67.4 Å². The molecule has 14 heteroatoms. The van der Waals surface area contributed by atoms with Crippen molar-refractivity contribution in [2.24, 2.45) is 17.3 Å². The summed E-state index contributed by atoms with van der Waals surface area (Å²) < 4.78 is 151. The van der Waals surface area contributed by atoms with Crippen LogP contribution in [0.3, 0.4) is 0 Å². The van der Waals surface area contributed by atoms with E-state index in [0.29, 0.717) is 6.42 Å². The molecule has 0 radical (unpaired) electrons. The van der Waals surface area contributed by atoms with Crippen LogP contribution in [-0.2, 0) is 18.1 Å². The molecule has 2 unspecified atom stereocenters. The number of halogens is 9. The smallest absolute Gasteiger partial charge is 0.274 e. The zero-order valence-electron chi connectivity index (χ0n) is 13.7. The molecule has 7 aliphatic rings. The molecule has 160 valence electrons. The summed E-state index contributed by atoms with van der Waals surface area (Å²) in [6, 6.07) is 0. The first-order valence-corrected chi connectivity index (χ1v) is 9.87. The highest BCUT2D eigenvalue weighted by atomic mass is 31.2. The average molecular weight is 446 g/mol. The highest BCUT2D eigenvalue weighted by Crippen LogP contribution is 2.91. The molecular formula is C14H12F9O4P. The summed E-state index contributed by atoms with van der Waals surface area (Å²) in [5, 5.41) is 0. The van der Waals surface area contributed by atoms with Crippen LogP contribution in [0.2, 0.25) is 0 Å². The third-order valence-corrected chi connectivity index (χ3v) is 8.46. The van der Waals surface area contributed by atoms with E-state index in [9.17, 15) is 35.3 Å². The minimum Gasteiger partial charge on any atom is -0.274 e. The van der Waals surface area contributed by atoms with Crippen LogP contribution in [0.4, 0.5) is 39.5 Å². The average Bonchev–Trinajstić information content (AvgIpc) is 2.87. The molecule has 0 amide bonds. The van der Waals surface area contributed by atoms with E-state index in [0.717, 1.165) is 0 Å². The number of alkyl halides is 9. The Hall–Kier alpha value is -0.520. The molecule has 0 N–H and O–H groups in total. The van der Waals surface area contributed by atoms with E-state index in [1.54, 1.807) is 0 Å². The van der Waals surface area contributed by atoms with E-state index in [2.05, 4.69) is 0 Å². The molecule has 3 aliphatic heterocycles. The fraction of sp³-hybridized carbons (Fsp3) is 1.00. The SMILES string of the molecule is O=P12OC34CC5CC(C3)CC(C(F)(F)C(F)(F)C(F)(F)C(F)(F)F)(C5)C4(O1)O2. The molecule has 4 saturated carbocycles. The maximum Gasteiger partial charge on any atom is 0.480 e. The Morgan fingerprint density at radius 3 is 1.71 bits per heavy atom. The lowest BCUT2D eigenvalue weighted by Crippen LogP contribution is -2.81. The lowest BCUT2D eigenvalue weighted by atomic mass is 9.42. The van der Waals surface area contributed by atoms with Crippen molar-refractivity contribution in [1.29, 1.82) is 0 Å². The first-order valence-electron chi connectivity index (χ1n) is 8.41. The molecule has 0 aromatic rings. The van der Waals surface area contributed by atoms with Crippen molar-refractivity contribution in [3.05, 3.63) is 0 Å². The molecule has 7 fully saturated rings. The van der Waals surface area contributed by atoms with Crippen LogP contribution >= 0.6 is 7.82 Å². The number of phosphoric ester groups is 1. The van der Waals surface area contributed by atoms with Crippen molar-refractivity contribution < 1.29 is 57.7 Å². The molecule has 2 spiro atoms. The van der Waals surface area contributed by atoms with Gasteiger partial charge in [-0.05, 0) is 43.9 Å². The van der Waals surface area contributed by atoms with Crippen LogP contribution in [0.25, 0.3) is 0 Å². The van der Waals surface area contributed by atoms with Gasteiger partial charge in [0, 0.05) is 0 Å². The molecule has 0 aromatic heterocycles. The van der Waals surface area contributed by atoms with Crippen LogP contribution in [-0.4, -0.2) is 35.3 Å². The topological polar surface area (TPSA) is 44.8 Å². The Balaban J connectivity index is 1.69. The summed E-state index contributed by atoms with van der Waals surface area (Å²) in [6.07, 6.45) is -8.35. The Morgan fingerprint density at radius 1 is 0.750 bits per heavy atom. The van der Waals surface area contributed by atoms with Crippen molar-refractivity contribution in [3.8, 4) is 0 Å². The summed E-state index contributed by atoms with van der Waals surface area (Å²) in [4.78, 5) is 0. The quantitative estimate of drug-likeness (QED) is 0.437. The van der Waals surface area contributed by atoms with Gasteiger partial charge in [0.05, 0.1) is 5.41 Å². The van der Waals surface area contributed by atoms with Crippen LogP contribution in [0.1, 0.15) is 32.1 Å². The summed E-state index contributed by atoms with van der Waals surface area (Å²) in [7, 11) is -4.33. The first-order chi connectivity index (χ1) is 12.5. The van der Waals surface area contributed by atoms with Gasteiger partial charge in [-0.2, -0.15) is 39.5 Å². The van der Waals surface area contributed by atoms with Gasteiger partial charge in [-0.1, -0.05) is 0 Å². The number of rotatable bonds is 3. The molecule has 2 atom stereocenters. The molecular weight excluding hydrogens is 434 g/mol. The fourth-order valence-corrected chi connectivity index (χ4v) is 8.29. The number of hydrogen-bond donors (Lipinski definition) is 0. The number of phosphoric acid groups is 1. The largest absolute Gasteiger partial charge is 0.480 e. The van der Waals surface area contributed by atoms with Crippen molar-refractivity contribution in [1.82, 2.24) is 0 Å². The third kappa shape index (κ3) is 1.67. The van der Waals surface area contributed by atoms with Crippen LogP contribution in [0, 0.1) is 17.3 Å². The molecule has 4 aliphatic carbocycles. The second-order valence-corrected chi connectivity index (χ2v) is 9.86. The summed E-state index contributed by atoms with van der Waals surface area (Å²) in [5.41, 5.74) is -5.05. The molecule has 4 nitrogen and oxygen atoms in total. The van der Waals surface area contributed by atoms with Gasteiger partial charge >= 0.3 is 31.8 Å². The van der Waals surface area contributed by atoms with Gasteiger partial charge in [0.15, 0.2) is 0 Å². The van der Waals surface area contributed by atoms with Gasteiger partial charge < -0.3 is 0 Å². The Labute approximate surface area is 151 Å². The van der Waals surface area contributed by atoms with Gasteiger partial charge in [0.2, 0.25) is 5.79 Å². The van der Waals surface area contributed by atoms with Crippen molar-refractivity contribution in [3.63, 3.8) is 0 Å². The lowest BCUT2D eigenvalue weighted by Gasteiger charge is -2.68. The van der Waals surface area contributed by atoms with Gasteiger partial charge in [-0.25, -0.2) is 13.6 Å². The summed E-state index contributed by atoms with van der Waals surface area (Å²) in [5.74, 6) is -23.9. The highest BCUT2D eigenvalue weighted by molar-refractivity contribution is 7.50. The second-order valence-electron chi connectivity index (χ2n) is 8.42. The van der Waals surface area contributed by atoms with Gasteiger partial charge in [0.25, 0.3) is 0 Å². The number of hydrogen-bond acceptors (Lipinski definition) is 4. The van der Waals surface area contributed by atoms with Crippen molar-refractivity contribution >= 4 is 7.82 Å². The molecule has 6 bridgehead atoms. The van der Waals surface area contributed by atoms with Crippen LogP contribution < -0.4 is 0 Å². The molecule has 7 rings (SSSR count). The second kappa shape index (κ2) is 4.55. The third-order valence-electron chi connectivity index (χ3n) is 6.92. The fourth-order valence-electron chi connectivity index (χ4n) is 6.19. The first kappa shape index (κ1) is 19.4. The minimum absolute atomic E-state index is 0.0352. The van der Waals surface area contributed by atoms with Gasteiger partial charge in [-0.3, -0.25) is 4.52 Å². The van der Waals surface area contributed by atoms with Gasteiger partial charge in [-0.15, -0.1) is 0 Å². The van der Waals surface area contributed by atoms with E-state index in [-0.39, 0.29) is 12.8 Å². The van der Waals surface area contributed by atoms with E-state index in [1.807, 2.05) is 0 Å². The van der Waals surface area contributed by atoms with E-state index >= 15 is 8.78 Å². The lowest BCUT2D eigenvalue weighted by molar-refractivity contribution is -0.460. The minimum atomic E-state index is -7.01. The Bertz CT molecular complexity index is 785. The normalized spacial score (nSPS) is 49.9.